The van der Waals surface area contributed by atoms with E-state index in [1.165, 1.54) is 18.2 Å². The highest BCUT2D eigenvalue weighted by atomic mass is 16.3. The average Bonchev–Trinajstić information content (AvgIpc) is 2.37. The predicted octanol–water partition coefficient (Wildman–Crippen LogP) is 3.30. The SMILES string of the molecule is Cc1cc(O)ccc1/C=C\C(=O)c1cccc(O)c1. The summed E-state index contributed by atoms with van der Waals surface area (Å²) < 4.78 is 0. The molecule has 0 atom stereocenters. The van der Waals surface area contributed by atoms with Crippen LogP contribution in [0.2, 0.25) is 0 Å². The summed E-state index contributed by atoms with van der Waals surface area (Å²) in [5.41, 5.74) is 2.19. The zero-order valence-corrected chi connectivity index (χ0v) is 10.5. The maximum atomic E-state index is 11.9. The van der Waals surface area contributed by atoms with Crippen LogP contribution >= 0.6 is 0 Å². The van der Waals surface area contributed by atoms with Gasteiger partial charge in [0.1, 0.15) is 11.5 Å². The maximum absolute atomic E-state index is 11.9. The van der Waals surface area contributed by atoms with Gasteiger partial charge in [-0.3, -0.25) is 4.79 Å². The third-order valence-electron chi connectivity index (χ3n) is 2.80. The molecule has 0 aliphatic carbocycles. The first-order chi connectivity index (χ1) is 9.06. The Morgan fingerprint density at radius 2 is 1.79 bits per heavy atom. The molecule has 0 spiro atoms. The Balaban J connectivity index is 2.21. The van der Waals surface area contributed by atoms with Crippen LogP contribution in [-0.4, -0.2) is 16.0 Å². The number of hydrogen-bond donors (Lipinski definition) is 2. The van der Waals surface area contributed by atoms with Crippen LogP contribution in [0.1, 0.15) is 21.5 Å². The van der Waals surface area contributed by atoms with Crippen molar-refractivity contribution in [1.82, 2.24) is 0 Å². The molecule has 0 aliphatic rings. The quantitative estimate of drug-likeness (QED) is 0.652. The van der Waals surface area contributed by atoms with Crippen LogP contribution < -0.4 is 0 Å². The lowest BCUT2D eigenvalue weighted by Gasteiger charge is -2.01. The highest BCUT2D eigenvalue weighted by Crippen LogP contribution is 2.17. The van der Waals surface area contributed by atoms with Gasteiger partial charge in [0.15, 0.2) is 5.78 Å². The van der Waals surface area contributed by atoms with Crippen molar-refractivity contribution in [3.05, 3.63) is 65.2 Å². The van der Waals surface area contributed by atoms with Crippen LogP contribution in [0.3, 0.4) is 0 Å². The zero-order valence-electron chi connectivity index (χ0n) is 10.5. The minimum atomic E-state index is -0.177. The number of benzene rings is 2. The third kappa shape index (κ3) is 3.22. The molecule has 0 amide bonds. The normalized spacial score (nSPS) is 10.8. The molecule has 0 heterocycles. The Morgan fingerprint density at radius 3 is 2.47 bits per heavy atom. The average molecular weight is 254 g/mol. The lowest BCUT2D eigenvalue weighted by atomic mass is 10.1. The molecule has 3 nitrogen and oxygen atoms in total. The second-order valence-electron chi connectivity index (χ2n) is 4.29. The molecule has 0 aliphatic heterocycles. The van der Waals surface area contributed by atoms with E-state index in [4.69, 9.17) is 0 Å². The fourth-order valence-corrected chi connectivity index (χ4v) is 1.77. The highest BCUT2D eigenvalue weighted by molar-refractivity contribution is 6.07. The molecule has 0 saturated carbocycles. The Hall–Kier alpha value is -2.55. The van der Waals surface area contributed by atoms with E-state index >= 15 is 0 Å². The summed E-state index contributed by atoms with van der Waals surface area (Å²) >= 11 is 0. The number of carbonyl (C=O) groups is 1. The minimum Gasteiger partial charge on any atom is -0.508 e. The molecular formula is C16H14O3. The van der Waals surface area contributed by atoms with Crippen LogP contribution in [-0.2, 0) is 0 Å². The summed E-state index contributed by atoms with van der Waals surface area (Å²) in [7, 11) is 0. The number of carbonyl (C=O) groups excluding carboxylic acids is 1. The molecule has 3 heteroatoms. The Bertz CT molecular complexity index is 642. The number of allylic oxidation sites excluding steroid dienone is 1. The highest BCUT2D eigenvalue weighted by Gasteiger charge is 2.03. The molecule has 0 saturated heterocycles. The van der Waals surface area contributed by atoms with E-state index < -0.39 is 0 Å². The number of hydrogen-bond acceptors (Lipinski definition) is 3. The monoisotopic (exact) mass is 254 g/mol. The van der Waals surface area contributed by atoms with Crippen molar-refractivity contribution in [3.63, 3.8) is 0 Å². The molecule has 0 aromatic heterocycles. The van der Waals surface area contributed by atoms with Crippen molar-refractivity contribution >= 4 is 11.9 Å². The van der Waals surface area contributed by atoms with Crippen molar-refractivity contribution in [2.24, 2.45) is 0 Å². The summed E-state index contributed by atoms with van der Waals surface area (Å²) in [5, 5.41) is 18.6. The Morgan fingerprint density at radius 1 is 1.05 bits per heavy atom. The summed E-state index contributed by atoms with van der Waals surface area (Å²) in [6.45, 7) is 1.86. The molecule has 2 aromatic carbocycles. The lowest BCUT2D eigenvalue weighted by Crippen LogP contribution is -1.93. The molecule has 19 heavy (non-hydrogen) atoms. The molecule has 2 rings (SSSR count). The van der Waals surface area contributed by atoms with Crippen molar-refractivity contribution < 1.29 is 15.0 Å². The van der Waals surface area contributed by atoms with E-state index in [1.54, 1.807) is 36.4 Å². The number of aromatic hydroxyl groups is 2. The summed E-state index contributed by atoms with van der Waals surface area (Å²) in [5.74, 6) is 0.0948. The maximum Gasteiger partial charge on any atom is 0.185 e. The fraction of sp³-hybridized carbons (Fsp3) is 0.0625. The van der Waals surface area contributed by atoms with Crippen molar-refractivity contribution in [3.8, 4) is 11.5 Å². The number of aryl methyl sites for hydroxylation is 1. The van der Waals surface area contributed by atoms with Crippen LogP contribution in [0.5, 0.6) is 11.5 Å². The number of ketones is 1. The van der Waals surface area contributed by atoms with E-state index in [9.17, 15) is 15.0 Å². The topological polar surface area (TPSA) is 57.5 Å². The van der Waals surface area contributed by atoms with Gasteiger partial charge in [0.05, 0.1) is 0 Å². The Kier molecular flexibility index (Phi) is 3.66. The summed E-state index contributed by atoms with van der Waals surface area (Å²) in [6.07, 6.45) is 3.15. The van der Waals surface area contributed by atoms with Gasteiger partial charge in [-0.2, -0.15) is 0 Å². The van der Waals surface area contributed by atoms with Gasteiger partial charge >= 0.3 is 0 Å². The number of rotatable bonds is 3. The molecular weight excluding hydrogens is 240 g/mol. The van der Waals surface area contributed by atoms with Gasteiger partial charge in [-0.1, -0.05) is 24.3 Å². The zero-order chi connectivity index (χ0) is 13.8. The minimum absolute atomic E-state index is 0.0695. The van der Waals surface area contributed by atoms with E-state index in [1.807, 2.05) is 6.92 Å². The first-order valence-electron chi connectivity index (χ1n) is 5.87. The summed E-state index contributed by atoms with van der Waals surface area (Å²) in [4.78, 5) is 11.9. The molecule has 2 N–H and O–H groups in total. The van der Waals surface area contributed by atoms with Crippen LogP contribution in [0.25, 0.3) is 6.08 Å². The van der Waals surface area contributed by atoms with Crippen LogP contribution in [0.15, 0.2) is 48.5 Å². The molecule has 0 unspecified atom stereocenters. The van der Waals surface area contributed by atoms with Crippen LogP contribution in [0.4, 0.5) is 0 Å². The first kappa shape index (κ1) is 12.9. The Labute approximate surface area is 111 Å². The molecule has 0 fully saturated rings. The second kappa shape index (κ2) is 5.40. The van der Waals surface area contributed by atoms with Gasteiger partial charge in [-0.15, -0.1) is 0 Å². The van der Waals surface area contributed by atoms with E-state index in [-0.39, 0.29) is 17.3 Å². The first-order valence-corrected chi connectivity index (χ1v) is 5.87. The predicted molar refractivity (Wildman–Crippen MR) is 74.3 cm³/mol. The lowest BCUT2D eigenvalue weighted by molar-refractivity contribution is 0.104. The van der Waals surface area contributed by atoms with Gasteiger partial charge in [-0.25, -0.2) is 0 Å². The number of phenolic OH excluding ortho intramolecular Hbond substituents is 2. The fourth-order valence-electron chi connectivity index (χ4n) is 1.77. The molecule has 0 bridgehead atoms. The molecule has 2 aromatic rings. The van der Waals surface area contributed by atoms with E-state index in [0.29, 0.717) is 5.56 Å². The van der Waals surface area contributed by atoms with Crippen molar-refractivity contribution in [2.75, 3.05) is 0 Å². The van der Waals surface area contributed by atoms with Gasteiger partial charge in [0.2, 0.25) is 0 Å². The van der Waals surface area contributed by atoms with Gasteiger partial charge in [0.25, 0.3) is 0 Å². The van der Waals surface area contributed by atoms with Gasteiger partial charge < -0.3 is 10.2 Å². The molecule has 0 radical (unpaired) electrons. The summed E-state index contributed by atoms with van der Waals surface area (Å²) in [6, 6.07) is 11.2. The van der Waals surface area contributed by atoms with Gasteiger partial charge in [-0.05, 0) is 48.4 Å². The smallest absolute Gasteiger partial charge is 0.185 e. The third-order valence-corrected chi connectivity index (χ3v) is 2.80. The van der Waals surface area contributed by atoms with Gasteiger partial charge in [0, 0.05) is 5.56 Å². The van der Waals surface area contributed by atoms with E-state index in [0.717, 1.165) is 11.1 Å². The van der Waals surface area contributed by atoms with Crippen molar-refractivity contribution in [1.29, 1.82) is 0 Å². The van der Waals surface area contributed by atoms with Crippen molar-refractivity contribution in [2.45, 2.75) is 6.92 Å². The second-order valence-corrected chi connectivity index (χ2v) is 4.29. The number of phenols is 2. The van der Waals surface area contributed by atoms with E-state index in [2.05, 4.69) is 0 Å². The van der Waals surface area contributed by atoms with Crippen LogP contribution in [0, 0.1) is 6.92 Å². The largest absolute Gasteiger partial charge is 0.508 e. The standard InChI is InChI=1S/C16H14O3/c1-11-9-15(18)7-5-12(11)6-8-16(19)13-3-2-4-14(17)10-13/h2-10,17-18H,1H3/b8-6-. The molecule has 96 valence electrons.